The van der Waals surface area contributed by atoms with Crippen LogP contribution < -0.4 is 15.4 Å². The zero-order chi connectivity index (χ0) is 26.3. The number of carbonyl (C=O) groups excluding carboxylic acids is 2. The molecule has 0 aliphatic heterocycles. The van der Waals surface area contributed by atoms with Crippen LogP contribution in [0.15, 0.2) is 79.5 Å². The number of anilines is 2. The van der Waals surface area contributed by atoms with Gasteiger partial charge in [0.05, 0.1) is 6.20 Å². The molecule has 0 spiro atoms. The number of nitrogens with zero attached hydrogens (tertiary/aromatic N) is 5. The number of hydrogen-bond donors (Lipinski definition) is 2. The van der Waals surface area contributed by atoms with Crippen LogP contribution in [0.2, 0.25) is 0 Å². The topological polar surface area (TPSA) is 115 Å². The lowest BCUT2D eigenvalue weighted by molar-refractivity contribution is -0.131. The third-order valence-corrected chi connectivity index (χ3v) is 6.46. The average molecular weight is 512 g/mol. The molecule has 11 heteroatoms. The van der Waals surface area contributed by atoms with Gasteiger partial charge in [0.1, 0.15) is 28.8 Å². The van der Waals surface area contributed by atoms with Crippen LogP contribution in [0, 0.1) is 11.2 Å². The molecule has 1 saturated carbocycles. The second kappa shape index (κ2) is 9.11. The Kier molecular flexibility index (Phi) is 5.60. The molecule has 0 bridgehead atoms. The summed E-state index contributed by atoms with van der Waals surface area (Å²) in [4.78, 5) is 30.0. The maximum absolute atomic E-state index is 13.1. The van der Waals surface area contributed by atoms with Crippen LogP contribution in [0.25, 0.3) is 16.6 Å². The van der Waals surface area contributed by atoms with Crippen molar-refractivity contribution in [2.24, 2.45) is 12.5 Å². The Morgan fingerprint density at radius 2 is 1.58 bits per heavy atom. The first kappa shape index (κ1) is 23.3. The van der Waals surface area contributed by atoms with Gasteiger partial charge in [-0.25, -0.2) is 8.91 Å². The molecule has 0 saturated heterocycles. The molecule has 190 valence electrons. The number of aryl methyl sites for hydroxylation is 1. The van der Waals surface area contributed by atoms with Gasteiger partial charge in [-0.3, -0.25) is 14.3 Å². The van der Waals surface area contributed by atoms with Crippen LogP contribution in [0.1, 0.15) is 12.8 Å². The van der Waals surface area contributed by atoms with Crippen molar-refractivity contribution in [3.63, 3.8) is 0 Å². The minimum atomic E-state index is -1.14. The second-order valence-corrected chi connectivity index (χ2v) is 9.15. The predicted octanol–water partition coefficient (Wildman–Crippen LogP) is 4.42. The number of amides is 2. The van der Waals surface area contributed by atoms with E-state index in [9.17, 15) is 14.0 Å². The Balaban J connectivity index is 1.13. The first-order chi connectivity index (χ1) is 18.4. The summed E-state index contributed by atoms with van der Waals surface area (Å²) < 4.78 is 22.5. The molecular formula is C27H22FN7O3. The van der Waals surface area contributed by atoms with E-state index < -0.39 is 17.1 Å². The summed E-state index contributed by atoms with van der Waals surface area (Å²) in [6.07, 6.45) is 7.85. The SMILES string of the molecule is Cn1cc(-c2cc3c(Oc4ccc(NC(=O)C5(C(=O)Nc6ccc(F)cc6)CC5)cc4)ncnn3c2)cn1. The van der Waals surface area contributed by atoms with Gasteiger partial charge in [-0.2, -0.15) is 15.2 Å². The number of fused-ring (bicyclic) bond motifs is 1. The molecule has 3 heterocycles. The van der Waals surface area contributed by atoms with Crippen LogP contribution in [0.3, 0.4) is 0 Å². The average Bonchev–Trinajstić information content (AvgIpc) is 3.43. The Hall–Kier alpha value is -5.06. The van der Waals surface area contributed by atoms with Gasteiger partial charge in [0.25, 0.3) is 0 Å². The molecule has 1 fully saturated rings. The monoisotopic (exact) mass is 511 g/mol. The largest absolute Gasteiger partial charge is 0.437 e. The minimum absolute atomic E-state index is 0.376. The van der Waals surface area contributed by atoms with Gasteiger partial charge in [0.15, 0.2) is 0 Å². The Morgan fingerprint density at radius 1 is 0.921 bits per heavy atom. The number of aromatic nitrogens is 5. The number of halogens is 1. The summed E-state index contributed by atoms with van der Waals surface area (Å²) in [7, 11) is 1.85. The molecule has 1 aliphatic rings. The van der Waals surface area contributed by atoms with Crippen molar-refractivity contribution in [1.82, 2.24) is 24.4 Å². The molecule has 6 rings (SSSR count). The van der Waals surface area contributed by atoms with E-state index in [4.69, 9.17) is 4.74 Å². The molecule has 0 radical (unpaired) electrons. The lowest BCUT2D eigenvalue weighted by atomic mass is 10.0. The number of rotatable bonds is 7. The number of benzene rings is 2. The highest BCUT2D eigenvalue weighted by Crippen LogP contribution is 2.47. The van der Waals surface area contributed by atoms with Crippen molar-refractivity contribution >= 4 is 28.7 Å². The van der Waals surface area contributed by atoms with Crippen LogP contribution >= 0.6 is 0 Å². The Morgan fingerprint density at radius 3 is 2.18 bits per heavy atom. The van der Waals surface area contributed by atoms with E-state index in [2.05, 4.69) is 25.8 Å². The Labute approximate surface area is 216 Å². The highest BCUT2D eigenvalue weighted by atomic mass is 19.1. The highest BCUT2D eigenvalue weighted by molar-refractivity contribution is 6.16. The fourth-order valence-electron chi connectivity index (χ4n) is 4.15. The standard InChI is InChI=1S/C27H22FN7O3/c1-34-14-18(13-30-34)17-12-23-24(29-16-31-35(23)15-17)38-22-8-6-21(7-9-22)33-26(37)27(10-11-27)25(36)32-20-4-2-19(28)3-5-20/h2-9,12-16H,10-11H2,1H3,(H,32,36)(H,33,37). The van der Waals surface area contributed by atoms with Gasteiger partial charge in [-0.15, -0.1) is 0 Å². The summed E-state index contributed by atoms with van der Waals surface area (Å²) >= 11 is 0. The number of nitrogens with one attached hydrogen (secondary N) is 2. The van der Waals surface area contributed by atoms with E-state index in [1.807, 2.05) is 25.5 Å². The van der Waals surface area contributed by atoms with Crippen molar-refractivity contribution in [2.45, 2.75) is 12.8 Å². The van der Waals surface area contributed by atoms with Gasteiger partial charge in [0.2, 0.25) is 17.7 Å². The van der Waals surface area contributed by atoms with E-state index >= 15 is 0 Å². The molecule has 2 amide bonds. The highest BCUT2D eigenvalue weighted by Gasteiger charge is 2.56. The zero-order valence-electron chi connectivity index (χ0n) is 20.3. The summed E-state index contributed by atoms with van der Waals surface area (Å²) in [6.45, 7) is 0. The fraction of sp³-hybridized carbons (Fsp3) is 0.148. The first-order valence-corrected chi connectivity index (χ1v) is 11.9. The van der Waals surface area contributed by atoms with E-state index in [0.717, 1.165) is 11.1 Å². The van der Waals surface area contributed by atoms with E-state index in [1.165, 1.54) is 30.6 Å². The van der Waals surface area contributed by atoms with Crippen molar-refractivity contribution in [2.75, 3.05) is 10.6 Å². The molecule has 0 unspecified atom stereocenters. The van der Waals surface area contributed by atoms with Gasteiger partial charge in [-0.1, -0.05) is 0 Å². The number of ether oxygens (including phenoxy) is 1. The summed E-state index contributed by atoms with van der Waals surface area (Å²) in [5.74, 6) is -0.308. The molecule has 10 nitrogen and oxygen atoms in total. The first-order valence-electron chi connectivity index (χ1n) is 11.9. The van der Waals surface area contributed by atoms with Crippen LogP contribution in [-0.2, 0) is 16.6 Å². The number of hydrogen-bond acceptors (Lipinski definition) is 6. The molecular weight excluding hydrogens is 489 g/mol. The molecule has 1 aliphatic carbocycles. The van der Waals surface area contributed by atoms with Gasteiger partial charge in [-0.05, 0) is 67.4 Å². The van der Waals surface area contributed by atoms with E-state index in [1.54, 1.807) is 39.7 Å². The predicted molar refractivity (Wildman–Crippen MR) is 137 cm³/mol. The maximum Gasteiger partial charge on any atom is 0.247 e. The summed E-state index contributed by atoms with van der Waals surface area (Å²) in [6, 6.07) is 14.1. The van der Waals surface area contributed by atoms with Crippen LogP contribution in [-0.4, -0.2) is 36.2 Å². The molecule has 5 aromatic rings. The van der Waals surface area contributed by atoms with Crippen molar-refractivity contribution in [3.8, 4) is 22.8 Å². The molecule has 2 aromatic carbocycles. The molecule has 2 N–H and O–H groups in total. The fourth-order valence-corrected chi connectivity index (χ4v) is 4.15. The maximum atomic E-state index is 13.1. The van der Waals surface area contributed by atoms with Crippen molar-refractivity contribution in [3.05, 3.63) is 85.3 Å². The number of carbonyl (C=O) groups is 2. The van der Waals surface area contributed by atoms with Gasteiger partial charge in [0, 0.05) is 41.9 Å². The van der Waals surface area contributed by atoms with E-state index in [-0.39, 0.29) is 5.91 Å². The molecule has 3 aromatic heterocycles. The van der Waals surface area contributed by atoms with Gasteiger partial charge < -0.3 is 15.4 Å². The van der Waals surface area contributed by atoms with Crippen LogP contribution in [0.5, 0.6) is 11.6 Å². The molecule has 38 heavy (non-hydrogen) atoms. The quantitative estimate of drug-likeness (QED) is 0.313. The van der Waals surface area contributed by atoms with E-state index in [0.29, 0.717) is 41.4 Å². The lowest BCUT2D eigenvalue weighted by Crippen LogP contribution is -2.35. The third kappa shape index (κ3) is 4.45. The lowest BCUT2D eigenvalue weighted by Gasteiger charge is -2.16. The van der Waals surface area contributed by atoms with Crippen molar-refractivity contribution < 1.29 is 18.7 Å². The smallest absolute Gasteiger partial charge is 0.247 e. The summed E-state index contributed by atoms with van der Waals surface area (Å²) in [5, 5.41) is 14.0. The second-order valence-electron chi connectivity index (χ2n) is 9.15. The zero-order valence-corrected chi connectivity index (χ0v) is 20.3. The van der Waals surface area contributed by atoms with Gasteiger partial charge >= 0.3 is 0 Å². The Bertz CT molecular complexity index is 1650. The third-order valence-electron chi connectivity index (χ3n) is 6.46. The van der Waals surface area contributed by atoms with Crippen LogP contribution in [0.4, 0.5) is 15.8 Å². The minimum Gasteiger partial charge on any atom is -0.437 e. The van der Waals surface area contributed by atoms with Crippen molar-refractivity contribution in [1.29, 1.82) is 0 Å². The normalized spacial score (nSPS) is 13.7. The molecule has 0 atom stereocenters. The summed E-state index contributed by atoms with van der Waals surface area (Å²) in [5.41, 5.74) is 2.38.